The molecule has 0 aliphatic heterocycles. The lowest BCUT2D eigenvalue weighted by Crippen LogP contribution is -2.13. The Hall–Kier alpha value is -1.35. The molecule has 0 amide bonds. The second-order valence-corrected chi connectivity index (χ2v) is 5.72. The van der Waals surface area contributed by atoms with Crippen LogP contribution in [0.2, 0.25) is 0 Å². The Morgan fingerprint density at radius 1 is 1.16 bits per heavy atom. The Labute approximate surface area is 114 Å². The normalized spacial score (nSPS) is 19.5. The van der Waals surface area contributed by atoms with Gasteiger partial charge in [0.2, 0.25) is 0 Å². The van der Waals surface area contributed by atoms with Crippen molar-refractivity contribution in [1.29, 1.82) is 0 Å². The summed E-state index contributed by atoms with van der Waals surface area (Å²) in [6.45, 7) is 0. The maximum Gasteiger partial charge on any atom is 0.101 e. The van der Waals surface area contributed by atoms with Crippen molar-refractivity contribution in [2.75, 3.05) is 0 Å². The highest BCUT2D eigenvalue weighted by atomic mass is 16.3. The molecular weight excluding hydrogens is 236 g/mol. The summed E-state index contributed by atoms with van der Waals surface area (Å²) < 4.78 is 1.88. The van der Waals surface area contributed by atoms with E-state index in [4.69, 9.17) is 0 Å². The summed E-state index contributed by atoms with van der Waals surface area (Å²) in [6.07, 6.45) is 6.96. The van der Waals surface area contributed by atoms with Crippen LogP contribution in [-0.2, 0) is 7.05 Å². The van der Waals surface area contributed by atoms with E-state index < -0.39 is 6.10 Å². The Morgan fingerprint density at radius 2 is 1.84 bits per heavy atom. The Bertz CT molecular complexity index is 553. The summed E-state index contributed by atoms with van der Waals surface area (Å²) in [4.78, 5) is 0. The topological polar surface area (TPSA) is 38.0 Å². The minimum atomic E-state index is -0.413. The van der Waals surface area contributed by atoms with Crippen LogP contribution in [0.4, 0.5) is 0 Å². The first-order valence-corrected chi connectivity index (χ1v) is 7.37. The zero-order valence-electron chi connectivity index (χ0n) is 11.5. The van der Waals surface area contributed by atoms with Crippen LogP contribution in [0.15, 0.2) is 24.3 Å². The van der Waals surface area contributed by atoms with Gasteiger partial charge >= 0.3 is 0 Å². The minimum Gasteiger partial charge on any atom is -0.386 e. The van der Waals surface area contributed by atoms with Crippen LogP contribution in [0, 0.1) is 5.92 Å². The molecule has 1 heterocycles. The van der Waals surface area contributed by atoms with Crippen molar-refractivity contribution in [3.8, 4) is 0 Å². The molecule has 0 saturated heterocycles. The molecule has 102 valence electrons. The maximum atomic E-state index is 10.7. The van der Waals surface area contributed by atoms with E-state index in [2.05, 4.69) is 17.2 Å². The molecule has 3 nitrogen and oxygen atoms in total. The third-order valence-electron chi connectivity index (χ3n) is 4.41. The molecule has 1 atom stereocenters. The molecule has 1 fully saturated rings. The molecule has 0 bridgehead atoms. The number of aliphatic hydroxyl groups excluding tert-OH is 1. The first-order valence-electron chi connectivity index (χ1n) is 7.37. The fourth-order valence-corrected chi connectivity index (χ4v) is 3.31. The van der Waals surface area contributed by atoms with Gasteiger partial charge in [-0.2, -0.15) is 5.10 Å². The standard InChI is InChI=1S/C16H22N2O/c1-18-14-11-7-6-10-13(14)15(17-18)16(19)12-8-4-2-3-5-9-12/h6-7,10-12,16,19H,2-5,8-9H2,1H3. The molecule has 3 heteroatoms. The number of fused-ring (bicyclic) bond motifs is 1. The molecule has 1 aliphatic rings. The van der Waals surface area contributed by atoms with E-state index >= 15 is 0 Å². The number of benzene rings is 1. The number of nitrogens with zero attached hydrogens (tertiary/aromatic N) is 2. The number of aryl methyl sites for hydroxylation is 1. The average Bonchev–Trinajstić information content (AvgIpc) is 2.64. The third kappa shape index (κ3) is 2.39. The largest absolute Gasteiger partial charge is 0.386 e. The van der Waals surface area contributed by atoms with E-state index in [-0.39, 0.29) is 0 Å². The molecule has 1 aliphatic carbocycles. The summed E-state index contributed by atoms with van der Waals surface area (Å²) in [6, 6.07) is 8.17. The Balaban J connectivity index is 1.94. The van der Waals surface area contributed by atoms with E-state index in [1.54, 1.807) is 0 Å². The van der Waals surface area contributed by atoms with Crippen molar-refractivity contribution >= 4 is 10.9 Å². The van der Waals surface area contributed by atoms with Crippen molar-refractivity contribution in [2.24, 2.45) is 13.0 Å². The summed E-state index contributed by atoms with van der Waals surface area (Å²) in [7, 11) is 1.95. The fourth-order valence-electron chi connectivity index (χ4n) is 3.31. The lowest BCUT2D eigenvalue weighted by atomic mass is 9.91. The van der Waals surface area contributed by atoms with Gasteiger partial charge in [-0.05, 0) is 24.8 Å². The molecule has 3 rings (SSSR count). The van der Waals surface area contributed by atoms with E-state index in [9.17, 15) is 5.11 Å². The fraction of sp³-hybridized carbons (Fsp3) is 0.562. The third-order valence-corrected chi connectivity index (χ3v) is 4.41. The van der Waals surface area contributed by atoms with E-state index in [0.29, 0.717) is 5.92 Å². The van der Waals surface area contributed by atoms with Gasteiger partial charge in [-0.25, -0.2) is 0 Å². The summed E-state index contributed by atoms with van der Waals surface area (Å²) in [5, 5.41) is 16.4. The molecule has 2 aromatic rings. The number of hydrogen-bond acceptors (Lipinski definition) is 2. The molecule has 0 radical (unpaired) electrons. The van der Waals surface area contributed by atoms with Gasteiger partial charge < -0.3 is 5.11 Å². The Kier molecular flexibility index (Phi) is 3.56. The first kappa shape index (κ1) is 12.7. The highest BCUT2D eigenvalue weighted by molar-refractivity contribution is 5.82. The first-order chi connectivity index (χ1) is 9.27. The predicted molar refractivity (Wildman–Crippen MR) is 76.9 cm³/mol. The van der Waals surface area contributed by atoms with Gasteiger partial charge in [-0.15, -0.1) is 0 Å². The molecule has 1 unspecified atom stereocenters. The van der Waals surface area contributed by atoms with Crippen LogP contribution in [0.3, 0.4) is 0 Å². The molecule has 1 aromatic heterocycles. The van der Waals surface area contributed by atoms with Crippen LogP contribution in [0.1, 0.15) is 50.3 Å². The monoisotopic (exact) mass is 258 g/mol. The van der Waals surface area contributed by atoms with Gasteiger partial charge in [0.15, 0.2) is 0 Å². The van der Waals surface area contributed by atoms with Crippen LogP contribution in [0.25, 0.3) is 10.9 Å². The highest BCUT2D eigenvalue weighted by Gasteiger charge is 2.26. The van der Waals surface area contributed by atoms with Gasteiger partial charge in [-0.3, -0.25) is 4.68 Å². The van der Waals surface area contributed by atoms with Gasteiger partial charge in [0.05, 0.1) is 11.2 Å². The molecular formula is C16H22N2O. The van der Waals surface area contributed by atoms with Gasteiger partial charge in [-0.1, -0.05) is 43.9 Å². The quantitative estimate of drug-likeness (QED) is 0.836. The minimum absolute atomic E-state index is 0.376. The zero-order valence-corrected chi connectivity index (χ0v) is 11.5. The number of aliphatic hydroxyl groups is 1. The number of rotatable bonds is 2. The molecule has 1 aromatic carbocycles. The molecule has 19 heavy (non-hydrogen) atoms. The average molecular weight is 258 g/mol. The number of aromatic nitrogens is 2. The van der Waals surface area contributed by atoms with Gasteiger partial charge in [0.25, 0.3) is 0 Å². The molecule has 1 N–H and O–H groups in total. The van der Waals surface area contributed by atoms with Crippen molar-refractivity contribution in [2.45, 2.75) is 44.6 Å². The lowest BCUT2D eigenvalue weighted by Gasteiger charge is -2.19. The van der Waals surface area contributed by atoms with E-state index in [1.807, 2.05) is 23.9 Å². The number of hydrogen-bond donors (Lipinski definition) is 1. The zero-order chi connectivity index (χ0) is 13.2. The molecule has 0 spiro atoms. The van der Waals surface area contributed by atoms with Crippen molar-refractivity contribution < 1.29 is 5.11 Å². The van der Waals surface area contributed by atoms with Gasteiger partial charge in [0.1, 0.15) is 6.10 Å². The summed E-state index contributed by atoms with van der Waals surface area (Å²) >= 11 is 0. The predicted octanol–water partition coefficient (Wildman–Crippen LogP) is 3.58. The Morgan fingerprint density at radius 3 is 2.58 bits per heavy atom. The van der Waals surface area contributed by atoms with Crippen molar-refractivity contribution in [3.05, 3.63) is 30.0 Å². The van der Waals surface area contributed by atoms with Crippen LogP contribution >= 0.6 is 0 Å². The maximum absolute atomic E-state index is 10.7. The van der Waals surface area contributed by atoms with Gasteiger partial charge in [0, 0.05) is 12.4 Å². The smallest absolute Gasteiger partial charge is 0.101 e. The molecule has 1 saturated carbocycles. The van der Waals surface area contributed by atoms with Crippen molar-refractivity contribution in [1.82, 2.24) is 9.78 Å². The summed E-state index contributed by atoms with van der Waals surface area (Å²) in [5.41, 5.74) is 1.97. The van der Waals surface area contributed by atoms with Crippen molar-refractivity contribution in [3.63, 3.8) is 0 Å². The van der Waals surface area contributed by atoms with Crippen LogP contribution in [0.5, 0.6) is 0 Å². The lowest BCUT2D eigenvalue weighted by molar-refractivity contribution is 0.0954. The van der Waals surface area contributed by atoms with Crippen LogP contribution in [-0.4, -0.2) is 14.9 Å². The van der Waals surface area contributed by atoms with Crippen LogP contribution < -0.4 is 0 Å². The summed E-state index contributed by atoms with van der Waals surface area (Å²) in [5.74, 6) is 0.376. The number of para-hydroxylation sites is 1. The SMILES string of the molecule is Cn1nc(C(O)C2CCCCCC2)c2ccccc21. The second kappa shape index (κ2) is 5.33. The second-order valence-electron chi connectivity index (χ2n) is 5.72. The van der Waals surface area contributed by atoms with E-state index in [1.165, 1.54) is 25.7 Å². The highest BCUT2D eigenvalue weighted by Crippen LogP contribution is 2.35. The van der Waals surface area contributed by atoms with E-state index in [0.717, 1.165) is 29.4 Å².